The Bertz CT molecular complexity index is 308. The molecule has 12 heavy (non-hydrogen) atoms. The van der Waals surface area contributed by atoms with E-state index in [9.17, 15) is 14.9 Å². The lowest BCUT2D eigenvalue weighted by Gasteiger charge is -2.08. The Morgan fingerprint density at radius 1 is 1.75 bits per heavy atom. The molecule has 0 aromatic heterocycles. The molecule has 0 radical (unpaired) electrons. The number of carbonyl (C=O) groups is 1. The van der Waals surface area contributed by atoms with Crippen LogP contribution < -0.4 is 0 Å². The van der Waals surface area contributed by atoms with Crippen molar-refractivity contribution >= 4 is 23.2 Å². The van der Waals surface area contributed by atoms with E-state index >= 15 is 0 Å². The lowest BCUT2D eigenvalue weighted by molar-refractivity contribution is -0.496. The van der Waals surface area contributed by atoms with Gasteiger partial charge in [-0.25, -0.2) is 4.99 Å². The van der Waals surface area contributed by atoms with Crippen LogP contribution in [0.3, 0.4) is 0 Å². The van der Waals surface area contributed by atoms with Crippen molar-refractivity contribution < 1.29 is 9.72 Å². The van der Waals surface area contributed by atoms with Gasteiger partial charge >= 0.3 is 11.9 Å². The van der Waals surface area contributed by atoms with Crippen LogP contribution in [0.1, 0.15) is 6.92 Å². The predicted molar refractivity (Wildman–Crippen MR) is 42.8 cm³/mol. The Labute approximate surface area is 72.9 Å². The van der Waals surface area contributed by atoms with Crippen molar-refractivity contribution in [1.82, 2.24) is 0 Å². The number of carbonyl (C=O) groups excluding carboxylic acids is 1. The zero-order valence-electron chi connectivity index (χ0n) is 6.15. The number of hydrogen-bond acceptors (Lipinski definition) is 3. The number of rotatable bonds is 1. The first-order chi connectivity index (χ1) is 5.52. The SMILES string of the molecule is CC1=NC(=O)C([N+](=O)[O-])C(Cl)=C1. The number of nitrogens with zero attached hydrogens (tertiary/aromatic N) is 2. The topological polar surface area (TPSA) is 72.6 Å². The highest BCUT2D eigenvalue weighted by Crippen LogP contribution is 2.16. The Hall–Kier alpha value is -1.23. The molecule has 1 amide bonds. The summed E-state index contributed by atoms with van der Waals surface area (Å²) in [6.07, 6.45) is 1.32. The second-order valence-corrected chi connectivity index (χ2v) is 2.74. The van der Waals surface area contributed by atoms with Crippen molar-refractivity contribution in [3.05, 3.63) is 21.2 Å². The van der Waals surface area contributed by atoms with Crippen LogP contribution in [0, 0.1) is 10.1 Å². The molecule has 0 N–H and O–H groups in total. The van der Waals surface area contributed by atoms with E-state index in [0.29, 0.717) is 5.71 Å². The third-order valence-corrected chi connectivity index (χ3v) is 1.66. The summed E-state index contributed by atoms with van der Waals surface area (Å²) in [5.74, 6) is -0.815. The number of aliphatic imine (C=N–C) groups is 1. The first-order valence-corrected chi connectivity index (χ1v) is 3.50. The quantitative estimate of drug-likeness (QED) is 0.450. The number of nitro groups is 1. The maximum absolute atomic E-state index is 10.9. The van der Waals surface area contributed by atoms with Crippen molar-refractivity contribution in [3.8, 4) is 0 Å². The smallest absolute Gasteiger partial charge is 0.264 e. The first-order valence-electron chi connectivity index (χ1n) is 3.12. The Morgan fingerprint density at radius 2 is 2.33 bits per heavy atom. The molecule has 0 saturated heterocycles. The fourth-order valence-electron chi connectivity index (χ4n) is 0.855. The molecule has 64 valence electrons. The summed E-state index contributed by atoms with van der Waals surface area (Å²) < 4.78 is 0. The highest BCUT2D eigenvalue weighted by Gasteiger charge is 2.35. The molecule has 5 nitrogen and oxygen atoms in total. The Kier molecular flexibility index (Phi) is 2.23. The molecule has 1 aliphatic rings. The maximum Gasteiger partial charge on any atom is 0.327 e. The van der Waals surface area contributed by atoms with Crippen LogP contribution in [0.25, 0.3) is 0 Å². The average molecular weight is 189 g/mol. The minimum Gasteiger partial charge on any atom is -0.264 e. The second-order valence-electron chi connectivity index (χ2n) is 2.31. The third-order valence-electron chi connectivity index (χ3n) is 1.34. The molecule has 0 aromatic rings. The van der Waals surface area contributed by atoms with Crippen LogP contribution in [0.2, 0.25) is 0 Å². The summed E-state index contributed by atoms with van der Waals surface area (Å²) >= 11 is 5.49. The Balaban J connectivity index is 3.03. The second kappa shape index (κ2) is 3.02. The third kappa shape index (κ3) is 1.50. The molecular formula is C6H5ClN2O3. The average Bonchev–Trinajstić information content (AvgIpc) is 1.82. The van der Waals surface area contributed by atoms with E-state index in [-0.39, 0.29) is 5.03 Å². The fourth-order valence-corrected chi connectivity index (χ4v) is 1.19. The highest BCUT2D eigenvalue weighted by molar-refractivity contribution is 6.34. The van der Waals surface area contributed by atoms with Gasteiger partial charge in [-0.05, 0) is 13.0 Å². The number of amides is 1. The van der Waals surface area contributed by atoms with Crippen LogP contribution in [-0.2, 0) is 4.79 Å². The van der Waals surface area contributed by atoms with Gasteiger partial charge < -0.3 is 0 Å². The summed E-state index contributed by atoms with van der Waals surface area (Å²) in [5, 5.41) is 10.2. The standard InChI is InChI=1S/C6H5ClN2O3/c1-3-2-4(7)5(9(11)12)6(10)8-3/h2,5H,1H3. The van der Waals surface area contributed by atoms with Gasteiger partial charge in [-0.1, -0.05) is 11.6 Å². The van der Waals surface area contributed by atoms with E-state index in [1.807, 2.05) is 0 Å². The van der Waals surface area contributed by atoms with E-state index in [0.717, 1.165) is 0 Å². The predicted octanol–water partition coefficient (Wildman–Crippen LogP) is 0.755. The van der Waals surface area contributed by atoms with Crippen LogP contribution >= 0.6 is 11.6 Å². The van der Waals surface area contributed by atoms with E-state index in [2.05, 4.69) is 4.99 Å². The monoisotopic (exact) mass is 188 g/mol. The summed E-state index contributed by atoms with van der Waals surface area (Å²) in [5.41, 5.74) is 0.392. The molecule has 0 aromatic carbocycles. The van der Waals surface area contributed by atoms with Gasteiger partial charge in [0.25, 0.3) is 0 Å². The van der Waals surface area contributed by atoms with Gasteiger partial charge in [-0.15, -0.1) is 0 Å². The van der Waals surface area contributed by atoms with Crippen molar-refractivity contribution in [1.29, 1.82) is 0 Å². The van der Waals surface area contributed by atoms with Crippen molar-refractivity contribution in [2.75, 3.05) is 0 Å². The van der Waals surface area contributed by atoms with Crippen LogP contribution in [-0.4, -0.2) is 22.6 Å². The minimum atomic E-state index is -1.50. The number of dihydropyridines is 1. The minimum absolute atomic E-state index is 0.0856. The molecule has 1 atom stereocenters. The van der Waals surface area contributed by atoms with E-state index < -0.39 is 16.9 Å². The number of hydrogen-bond donors (Lipinski definition) is 0. The molecule has 0 aliphatic carbocycles. The molecule has 1 unspecified atom stereocenters. The van der Waals surface area contributed by atoms with Gasteiger partial charge in [0.15, 0.2) is 0 Å². The van der Waals surface area contributed by atoms with E-state index in [1.165, 1.54) is 6.08 Å². The highest BCUT2D eigenvalue weighted by atomic mass is 35.5. The molecule has 0 fully saturated rings. The lowest BCUT2D eigenvalue weighted by Crippen LogP contribution is -2.31. The van der Waals surface area contributed by atoms with E-state index in [1.54, 1.807) is 6.92 Å². The van der Waals surface area contributed by atoms with Gasteiger partial charge in [-0.2, -0.15) is 0 Å². The van der Waals surface area contributed by atoms with Crippen molar-refractivity contribution in [2.24, 2.45) is 4.99 Å². The zero-order chi connectivity index (χ0) is 9.30. The number of allylic oxidation sites excluding steroid dienone is 1. The summed E-state index contributed by atoms with van der Waals surface area (Å²) in [7, 11) is 0. The van der Waals surface area contributed by atoms with Crippen LogP contribution in [0.15, 0.2) is 16.1 Å². The lowest BCUT2D eigenvalue weighted by atomic mass is 10.2. The Morgan fingerprint density at radius 3 is 2.75 bits per heavy atom. The largest absolute Gasteiger partial charge is 0.327 e. The van der Waals surface area contributed by atoms with Gasteiger partial charge in [-0.3, -0.25) is 14.9 Å². The molecule has 1 aliphatic heterocycles. The molecule has 1 rings (SSSR count). The summed E-state index contributed by atoms with van der Waals surface area (Å²) in [4.78, 5) is 23.8. The van der Waals surface area contributed by atoms with Crippen molar-refractivity contribution in [2.45, 2.75) is 13.0 Å². The first kappa shape index (κ1) is 8.86. The fraction of sp³-hybridized carbons (Fsp3) is 0.333. The maximum atomic E-state index is 10.9. The van der Waals surface area contributed by atoms with Gasteiger partial charge in [0.05, 0.1) is 0 Å². The number of halogens is 1. The van der Waals surface area contributed by atoms with Crippen molar-refractivity contribution in [3.63, 3.8) is 0 Å². The van der Waals surface area contributed by atoms with Crippen LogP contribution in [0.5, 0.6) is 0 Å². The molecular weight excluding hydrogens is 184 g/mol. The molecule has 0 bridgehead atoms. The molecule has 1 heterocycles. The molecule has 6 heteroatoms. The molecule has 0 saturated carbocycles. The van der Waals surface area contributed by atoms with E-state index in [4.69, 9.17) is 11.6 Å². The summed E-state index contributed by atoms with van der Waals surface area (Å²) in [6, 6.07) is -1.50. The van der Waals surface area contributed by atoms with Crippen LogP contribution in [0.4, 0.5) is 0 Å². The van der Waals surface area contributed by atoms with Gasteiger partial charge in [0.1, 0.15) is 5.03 Å². The van der Waals surface area contributed by atoms with Gasteiger partial charge in [0, 0.05) is 10.6 Å². The zero-order valence-corrected chi connectivity index (χ0v) is 6.91. The van der Waals surface area contributed by atoms with Gasteiger partial charge in [0.2, 0.25) is 0 Å². The molecule has 0 spiro atoms. The normalized spacial score (nSPS) is 23.2. The summed E-state index contributed by atoms with van der Waals surface area (Å²) in [6.45, 7) is 1.55.